The Balaban J connectivity index is 1.51. The lowest BCUT2D eigenvalue weighted by Gasteiger charge is -2.49. The number of methoxy groups -OCH3 is 1. The Kier molecular flexibility index (Phi) is 6.76. The third-order valence-electron chi connectivity index (χ3n) is 8.22. The third kappa shape index (κ3) is 4.28. The summed E-state index contributed by atoms with van der Waals surface area (Å²) in [6, 6.07) is 7.02. The summed E-state index contributed by atoms with van der Waals surface area (Å²) in [5, 5.41) is 5.80. The number of benzene rings is 2. The van der Waals surface area contributed by atoms with E-state index >= 15 is 4.39 Å². The molecule has 0 amide bonds. The first-order valence-corrected chi connectivity index (χ1v) is 13.8. The average molecular weight is 576 g/mol. The van der Waals surface area contributed by atoms with Crippen LogP contribution in [0.1, 0.15) is 55.1 Å². The average Bonchev–Trinajstić information content (AvgIpc) is 3.31. The fourth-order valence-corrected chi connectivity index (χ4v) is 6.63. The quantitative estimate of drug-likeness (QED) is 0.362. The Morgan fingerprint density at radius 2 is 2.08 bits per heavy atom. The Bertz CT molecular complexity index is 1300. The van der Waals surface area contributed by atoms with Gasteiger partial charge in [0.1, 0.15) is 18.2 Å². The fraction of sp³-hybridized carbons (Fsp3) is 0.536. The molecule has 6 nitrogen and oxygen atoms in total. The first-order chi connectivity index (χ1) is 17.9. The minimum Gasteiger partial charge on any atom is -0.496 e. The predicted molar refractivity (Wildman–Crippen MR) is 140 cm³/mol. The number of rotatable bonds is 6. The number of aromatic nitrogens is 2. The lowest BCUT2D eigenvalue weighted by molar-refractivity contribution is -0.143. The number of nitrogens with zero attached hydrogens (tertiary/aromatic N) is 3. The van der Waals surface area contributed by atoms with Crippen molar-refractivity contribution in [3.05, 3.63) is 57.4 Å². The van der Waals surface area contributed by atoms with E-state index in [1.54, 1.807) is 13.2 Å². The Hall–Kier alpha value is -2.07. The van der Waals surface area contributed by atoms with Crippen LogP contribution in [0.4, 0.5) is 8.78 Å². The molecule has 9 heteroatoms. The van der Waals surface area contributed by atoms with E-state index in [1.165, 1.54) is 6.07 Å². The van der Waals surface area contributed by atoms with Gasteiger partial charge in [-0.3, -0.25) is 9.29 Å². The molecule has 0 aliphatic carbocycles. The summed E-state index contributed by atoms with van der Waals surface area (Å²) in [6.45, 7) is 3.63. The summed E-state index contributed by atoms with van der Waals surface area (Å²) in [4.78, 5) is 2.24. The van der Waals surface area contributed by atoms with Crippen molar-refractivity contribution in [1.82, 2.24) is 14.7 Å². The lowest BCUT2D eigenvalue weighted by Crippen LogP contribution is -2.56. The highest BCUT2D eigenvalue weighted by molar-refractivity contribution is 9.10. The Morgan fingerprint density at radius 1 is 1.24 bits per heavy atom. The van der Waals surface area contributed by atoms with Crippen molar-refractivity contribution in [2.24, 2.45) is 5.41 Å². The zero-order valence-corrected chi connectivity index (χ0v) is 22.8. The van der Waals surface area contributed by atoms with E-state index in [9.17, 15) is 4.39 Å². The van der Waals surface area contributed by atoms with Gasteiger partial charge in [0.05, 0.1) is 49.1 Å². The highest BCUT2D eigenvalue weighted by atomic mass is 79.9. The number of fused-ring (bicyclic) bond motifs is 3. The highest BCUT2D eigenvalue weighted by Crippen LogP contribution is 2.47. The van der Waals surface area contributed by atoms with E-state index in [1.807, 2.05) is 10.9 Å². The number of alkyl halides is 1. The van der Waals surface area contributed by atoms with Crippen molar-refractivity contribution in [1.29, 1.82) is 0 Å². The summed E-state index contributed by atoms with van der Waals surface area (Å²) in [7, 11) is 1.56. The Morgan fingerprint density at radius 3 is 2.76 bits per heavy atom. The van der Waals surface area contributed by atoms with Crippen molar-refractivity contribution < 1.29 is 23.0 Å². The van der Waals surface area contributed by atoms with Crippen LogP contribution in [0.15, 0.2) is 34.9 Å². The maximum Gasteiger partial charge on any atom is 0.150 e. The number of halogens is 3. The number of ether oxygens (including phenoxy) is 3. The fourth-order valence-electron chi connectivity index (χ4n) is 6.22. The standard InChI is InChI=1S/C28H32BrF2N3O3/c1-17-9-20-19(6-7-23-21(20)12-32-34(23)25-5-3-4-8-37-25)27(33(17)14-28(13-30)15-36-16-28)26-22(31)10-18(29)11-24(26)35-2/h6-7,10-12,17,25,27H,3-5,8-9,13-16H2,1-2H3/t17-,25?,27+/m1/s1. The van der Waals surface area contributed by atoms with Gasteiger partial charge in [-0.1, -0.05) is 22.0 Å². The molecule has 0 radical (unpaired) electrons. The van der Waals surface area contributed by atoms with Crippen LogP contribution in [0.25, 0.3) is 10.9 Å². The van der Waals surface area contributed by atoms with Crippen molar-refractivity contribution in [3.63, 3.8) is 0 Å². The molecule has 0 spiro atoms. The van der Waals surface area contributed by atoms with Gasteiger partial charge in [0, 0.05) is 29.1 Å². The molecule has 2 fully saturated rings. The van der Waals surface area contributed by atoms with Gasteiger partial charge in [-0.2, -0.15) is 5.10 Å². The van der Waals surface area contributed by atoms with E-state index in [-0.39, 0.29) is 18.1 Å². The molecule has 3 aliphatic rings. The van der Waals surface area contributed by atoms with Gasteiger partial charge in [-0.25, -0.2) is 9.07 Å². The zero-order valence-electron chi connectivity index (χ0n) is 21.2. The number of hydrogen-bond acceptors (Lipinski definition) is 5. The molecule has 37 heavy (non-hydrogen) atoms. The van der Waals surface area contributed by atoms with Crippen LogP contribution in [-0.4, -0.2) is 60.9 Å². The highest BCUT2D eigenvalue weighted by Gasteiger charge is 2.46. The first-order valence-electron chi connectivity index (χ1n) is 13.0. The molecule has 2 saturated heterocycles. The summed E-state index contributed by atoms with van der Waals surface area (Å²) >= 11 is 3.40. The van der Waals surface area contributed by atoms with E-state index in [0.717, 1.165) is 54.3 Å². The monoisotopic (exact) mass is 575 g/mol. The molecule has 4 heterocycles. The molecule has 0 N–H and O–H groups in total. The predicted octanol–water partition coefficient (Wildman–Crippen LogP) is 5.97. The summed E-state index contributed by atoms with van der Waals surface area (Å²) < 4.78 is 49.8. The minimum atomic E-state index is -0.573. The van der Waals surface area contributed by atoms with Gasteiger partial charge in [0.25, 0.3) is 0 Å². The van der Waals surface area contributed by atoms with Crippen molar-refractivity contribution in [2.75, 3.05) is 40.1 Å². The molecule has 3 aliphatic heterocycles. The van der Waals surface area contributed by atoms with Gasteiger partial charge in [0.15, 0.2) is 6.23 Å². The maximum atomic E-state index is 15.8. The largest absolute Gasteiger partial charge is 0.496 e. The minimum absolute atomic E-state index is 0.0363. The first kappa shape index (κ1) is 25.2. The van der Waals surface area contributed by atoms with Crippen LogP contribution >= 0.6 is 15.9 Å². The van der Waals surface area contributed by atoms with E-state index in [2.05, 4.69) is 39.9 Å². The molecule has 0 saturated carbocycles. The molecular weight excluding hydrogens is 544 g/mol. The molecular formula is C28H32BrF2N3O3. The van der Waals surface area contributed by atoms with Crippen LogP contribution < -0.4 is 4.74 Å². The normalized spacial score (nSPS) is 25.6. The van der Waals surface area contributed by atoms with Gasteiger partial charge >= 0.3 is 0 Å². The van der Waals surface area contributed by atoms with Crippen molar-refractivity contribution in [3.8, 4) is 5.75 Å². The molecule has 2 aromatic carbocycles. The molecule has 6 rings (SSSR count). The topological polar surface area (TPSA) is 48.8 Å². The third-order valence-corrected chi connectivity index (χ3v) is 8.67. The zero-order chi connectivity index (χ0) is 25.7. The molecule has 1 aromatic heterocycles. The van der Waals surface area contributed by atoms with Gasteiger partial charge in [0.2, 0.25) is 0 Å². The van der Waals surface area contributed by atoms with Crippen LogP contribution in [0.3, 0.4) is 0 Å². The summed E-state index contributed by atoms with van der Waals surface area (Å²) in [5.74, 6) is 0.110. The molecule has 1 unspecified atom stereocenters. The van der Waals surface area contributed by atoms with Crippen molar-refractivity contribution >= 4 is 26.8 Å². The van der Waals surface area contributed by atoms with Crippen LogP contribution in [0, 0.1) is 11.2 Å². The summed E-state index contributed by atoms with van der Waals surface area (Å²) in [5.41, 5.74) is 3.08. The SMILES string of the molecule is COc1cc(Br)cc(F)c1[C@@H]1c2ccc3c(cnn3C3CCCCO3)c2C[C@@H](C)N1CC1(CF)COC1. The summed E-state index contributed by atoms with van der Waals surface area (Å²) in [6.07, 6.45) is 5.74. The molecule has 3 atom stereocenters. The van der Waals surface area contributed by atoms with Gasteiger partial charge < -0.3 is 14.2 Å². The number of hydrogen-bond donors (Lipinski definition) is 0. The van der Waals surface area contributed by atoms with Crippen molar-refractivity contribution in [2.45, 2.75) is 50.9 Å². The molecule has 0 bridgehead atoms. The second-order valence-corrected chi connectivity index (χ2v) is 11.7. The maximum absolute atomic E-state index is 15.8. The second-order valence-electron chi connectivity index (χ2n) is 10.7. The van der Waals surface area contributed by atoms with E-state index in [4.69, 9.17) is 19.3 Å². The van der Waals surface area contributed by atoms with Crippen LogP contribution in [0.2, 0.25) is 0 Å². The smallest absolute Gasteiger partial charge is 0.150 e. The molecule has 3 aromatic rings. The second kappa shape index (κ2) is 9.91. The molecule has 198 valence electrons. The van der Waals surface area contributed by atoms with E-state index < -0.39 is 18.1 Å². The van der Waals surface area contributed by atoms with Gasteiger partial charge in [-0.05, 0) is 61.9 Å². The van der Waals surface area contributed by atoms with Crippen LogP contribution in [-0.2, 0) is 15.9 Å². The Labute approximate surface area is 224 Å². The van der Waals surface area contributed by atoms with E-state index in [0.29, 0.717) is 35.5 Å². The van der Waals surface area contributed by atoms with Gasteiger partial charge in [-0.15, -0.1) is 0 Å². The van der Waals surface area contributed by atoms with Crippen LogP contribution in [0.5, 0.6) is 5.75 Å². The lowest BCUT2D eigenvalue weighted by atomic mass is 9.79.